The van der Waals surface area contributed by atoms with Gasteiger partial charge in [-0.3, -0.25) is 9.69 Å². The van der Waals surface area contributed by atoms with Crippen LogP contribution in [-0.4, -0.2) is 82.5 Å². The third-order valence-electron chi connectivity index (χ3n) is 6.00. The number of piperidine rings is 1. The van der Waals surface area contributed by atoms with Gasteiger partial charge in [0.2, 0.25) is 5.91 Å². The molecule has 6 nitrogen and oxygen atoms in total. The number of carbonyl (C=O) groups excluding carboxylic acids is 1. The molecule has 1 aromatic carbocycles. The highest BCUT2D eigenvalue weighted by molar-refractivity contribution is 5.83. The van der Waals surface area contributed by atoms with Crippen LogP contribution in [0.2, 0.25) is 0 Å². The zero-order chi connectivity index (χ0) is 18.1. The SMILES string of the molecule is CC(C(=O)N1CCN(C2CCCN(C)C2)CC1)n1cnc2ccccc21. The first-order valence-corrected chi connectivity index (χ1v) is 9.76. The lowest BCUT2D eigenvalue weighted by atomic mass is 10.0. The molecular weight excluding hydrogens is 326 g/mol. The minimum atomic E-state index is -0.213. The molecule has 1 amide bonds. The average Bonchev–Trinajstić information content (AvgIpc) is 3.11. The normalized spacial score (nSPS) is 24.1. The van der Waals surface area contributed by atoms with Gasteiger partial charge in [-0.05, 0) is 45.5 Å². The minimum absolute atomic E-state index is 0.202. The molecule has 2 aliphatic heterocycles. The Balaban J connectivity index is 1.38. The number of carbonyl (C=O) groups is 1. The molecule has 0 N–H and O–H groups in total. The third-order valence-corrected chi connectivity index (χ3v) is 6.00. The van der Waals surface area contributed by atoms with Crippen LogP contribution in [0.3, 0.4) is 0 Å². The zero-order valence-corrected chi connectivity index (χ0v) is 15.8. The third kappa shape index (κ3) is 3.35. The summed E-state index contributed by atoms with van der Waals surface area (Å²) < 4.78 is 2.00. The molecule has 4 rings (SSSR count). The number of imidazole rings is 1. The van der Waals surface area contributed by atoms with E-state index < -0.39 is 0 Å². The van der Waals surface area contributed by atoms with Gasteiger partial charge < -0.3 is 14.4 Å². The van der Waals surface area contributed by atoms with Crippen molar-refractivity contribution in [2.45, 2.75) is 31.8 Å². The van der Waals surface area contributed by atoms with E-state index in [1.54, 1.807) is 6.33 Å². The van der Waals surface area contributed by atoms with Gasteiger partial charge in [0.1, 0.15) is 6.04 Å². The number of hydrogen-bond acceptors (Lipinski definition) is 4. The fraction of sp³-hybridized carbons (Fsp3) is 0.600. The number of amides is 1. The van der Waals surface area contributed by atoms with Gasteiger partial charge in [-0.15, -0.1) is 0 Å². The summed E-state index contributed by atoms with van der Waals surface area (Å²) in [4.78, 5) is 24.5. The quantitative estimate of drug-likeness (QED) is 0.843. The summed E-state index contributed by atoms with van der Waals surface area (Å²) in [5.41, 5.74) is 1.97. The van der Waals surface area contributed by atoms with E-state index in [2.05, 4.69) is 21.8 Å². The summed E-state index contributed by atoms with van der Waals surface area (Å²) >= 11 is 0. The molecule has 140 valence electrons. The number of likely N-dealkylation sites (N-methyl/N-ethyl adjacent to an activating group) is 1. The Hall–Kier alpha value is -1.92. The minimum Gasteiger partial charge on any atom is -0.338 e. The standard InChI is InChI=1S/C20H29N5O/c1-16(25-15-21-18-7-3-4-8-19(18)25)20(26)24-12-10-23(11-13-24)17-6-5-9-22(2)14-17/h3-4,7-8,15-17H,5-6,9-14H2,1-2H3. The van der Waals surface area contributed by atoms with Gasteiger partial charge in [0.15, 0.2) is 0 Å². The largest absolute Gasteiger partial charge is 0.338 e. The Kier molecular flexibility index (Phi) is 4.96. The lowest BCUT2D eigenvalue weighted by molar-refractivity contribution is -0.136. The van der Waals surface area contributed by atoms with E-state index >= 15 is 0 Å². The molecule has 3 heterocycles. The van der Waals surface area contributed by atoms with Gasteiger partial charge in [-0.2, -0.15) is 0 Å². The highest BCUT2D eigenvalue weighted by Crippen LogP contribution is 2.21. The second kappa shape index (κ2) is 7.37. The van der Waals surface area contributed by atoms with Gasteiger partial charge in [-0.25, -0.2) is 4.98 Å². The highest BCUT2D eigenvalue weighted by Gasteiger charge is 2.30. The van der Waals surface area contributed by atoms with Crippen molar-refractivity contribution in [3.8, 4) is 0 Å². The Morgan fingerprint density at radius 3 is 2.69 bits per heavy atom. The van der Waals surface area contributed by atoms with Crippen LogP contribution in [0.15, 0.2) is 30.6 Å². The van der Waals surface area contributed by atoms with Crippen molar-refractivity contribution >= 4 is 16.9 Å². The fourth-order valence-electron chi connectivity index (χ4n) is 4.41. The van der Waals surface area contributed by atoms with Crippen LogP contribution in [0.4, 0.5) is 0 Å². The first-order valence-electron chi connectivity index (χ1n) is 9.76. The van der Waals surface area contributed by atoms with Crippen molar-refractivity contribution < 1.29 is 4.79 Å². The van der Waals surface area contributed by atoms with Crippen LogP contribution in [0.5, 0.6) is 0 Å². The maximum atomic E-state index is 13.0. The number of aromatic nitrogens is 2. The first-order chi connectivity index (χ1) is 12.6. The van der Waals surface area contributed by atoms with E-state index in [0.29, 0.717) is 6.04 Å². The van der Waals surface area contributed by atoms with E-state index in [1.807, 2.05) is 40.7 Å². The van der Waals surface area contributed by atoms with Crippen LogP contribution in [0.1, 0.15) is 25.8 Å². The Bertz CT molecular complexity index is 764. The monoisotopic (exact) mass is 355 g/mol. The molecular formula is C20H29N5O. The molecule has 0 radical (unpaired) electrons. The van der Waals surface area contributed by atoms with E-state index in [9.17, 15) is 4.79 Å². The molecule has 0 spiro atoms. The molecule has 2 saturated heterocycles. The molecule has 2 aromatic rings. The van der Waals surface area contributed by atoms with E-state index in [4.69, 9.17) is 0 Å². The second-order valence-corrected chi connectivity index (χ2v) is 7.74. The number of fused-ring (bicyclic) bond motifs is 1. The van der Waals surface area contributed by atoms with Crippen LogP contribution < -0.4 is 0 Å². The molecule has 2 atom stereocenters. The number of hydrogen-bond donors (Lipinski definition) is 0. The molecule has 0 bridgehead atoms. The van der Waals surface area contributed by atoms with Crippen LogP contribution >= 0.6 is 0 Å². The number of likely N-dealkylation sites (tertiary alicyclic amines) is 1. The topological polar surface area (TPSA) is 44.6 Å². The van der Waals surface area contributed by atoms with Gasteiger partial charge in [-0.1, -0.05) is 12.1 Å². The number of rotatable bonds is 3. The van der Waals surface area contributed by atoms with E-state index in [0.717, 1.165) is 43.8 Å². The number of para-hydroxylation sites is 2. The summed E-state index contributed by atoms with van der Waals surface area (Å²) in [6, 6.07) is 8.44. The Morgan fingerprint density at radius 1 is 1.15 bits per heavy atom. The number of benzene rings is 1. The van der Waals surface area contributed by atoms with Gasteiger partial charge in [0.25, 0.3) is 0 Å². The van der Waals surface area contributed by atoms with E-state index in [1.165, 1.54) is 19.4 Å². The maximum Gasteiger partial charge on any atom is 0.245 e. The van der Waals surface area contributed by atoms with Crippen molar-refractivity contribution in [1.82, 2.24) is 24.3 Å². The average molecular weight is 355 g/mol. The highest BCUT2D eigenvalue weighted by atomic mass is 16.2. The smallest absolute Gasteiger partial charge is 0.245 e. The van der Waals surface area contributed by atoms with Crippen LogP contribution in [-0.2, 0) is 4.79 Å². The van der Waals surface area contributed by atoms with Crippen molar-refractivity contribution in [2.24, 2.45) is 0 Å². The van der Waals surface area contributed by atoms with E-state index in [-0.39, 0.29) is 11.9 Å². The lowest BCUT2D eigenvalue weighted by Crippen LogP contribution is -2.56. The van der Waals surface area contributed by atoms with Crippen molar-refractivity contribution in [1.29, 1.82) is 0 Å². The molecule has 2 fully saturated rings. The van der Waals surface area contributed by atoms with Gasteiger partial charge in [0, 0.05) is 38.8 Å². The molecule has 1 aromatic heterocycles. The predicted molar refractivity (Wildman–Crippen MR) is 103 cm³/mol. The van der Waals surface area contributed by atoms with Crippen LogP contribution in [0, 0.1) is 0 Å². The summed E-state index contributed by atoms with van der Waals surface area (Å²) in [6.45, 7) is 7.99. The Labute approximate surface area is 155 Å². The van der Waals surface area contributed by atoms with Gasteiger partial charge >= 0.3 is 0 Å². The lowest BCUT2D eigenvalue weighted by Gasteiger charge is -2.43. The summed E-state index contributed by atoms with van der Waals surface area (Å²) in [6.07, 6.45) is 4.36. The molecule has 26 heavy (non-hydrogen) atoms. The summed E-state index contributed by atoms with van der Waals surface area (Å²) in [5.74, 6) is 0.202. The van der Waals surface area contributed by atoms with Crippen molar-refractivity contribution in [3.63, 3.8) is 0 Å². The molecule has 6 heteroatoms. The maximum absolute atomic E-state index is 13.0. The number of nitrogens with zero attached hydrogens (tertiary/aromatic N) is 5. The van der Waals surface area contributed by atoms with Crippen molar-refractivity contribution in [3.05, 3.63) is 30.6 Å². The number of piperazine rings is 1. The molecule has 2 aliphatic rings. The molecule has 0 aliphatic carbocycles. The molecule has 0 saturated carbocycles. The van der Waals surface area contributed by atoms with Crippen LogP contribution in [0.25, 0.3) is 11.0 Å². The zero-order valence-electron chi connectivity index (χ0n) is 15.8. The fourth-order valence-corrected chi connectivity index (χ4v) is 4.41. The first kappa shape index (κ1) is 17.5. The van der Waals surface area contributed by atoms with Crippen molar-refractivity contribution in [2.75, 3.05) is 46.3 Å². The van der Waals surface area contributed by atoms with Gasteiger partial charge in [0.05, 0.1) is 17.4 Å². The Morgan fingerprint density at radius 2 is 1.92 bits per heavy atom. The summed E-state index contributed by atoms with van der Waals surface area (Å²) in [7, 11) is 2.21. The second-order valence-electron chi connectivity index (χ2n) is 7.74. The molecule has 2 unspecified atom stereocenters. The summed E-state index contributed by atoms with van der Waals surface area (Å²) in [5, 5.41) is 0. The predicted octanol–water partition coefficient (Wildman–Crippen LogP) is 1.84.